The van der Waals surface area contributed by atoms with Crippen molar-refractivity contribution < 1.29 is 136 Å². The predicted molar refractivity (Wildman–Crippen MR) is 439 cm³/mol. The number of carboxylic acids is 6. The van der Waals surface area contributed by atoms with Crippen molar-refractivity contribution in [1.29, 1.82) is 0 Å². The standard InChI is InChI=1S/C77H110N14O28S3/c1-9-15-63(101)118-40-91(71(107)64(42(5)10-2)87-69(106)56-17-12-14-29-90(56)8)57(41(3)4)37-58(119-44(7)92)70-84-54(38-120-70)68(105)79-48(33-45-20-24-49(93)25-21-45)32-43(6)65(102)88-89-77(116)117-30-31-121-122-39-55(74(112)113)83-67(104)53(36-62(99)100)82-66(103)52(35-61(97)98)81-59(94)34-46-18-22-47(23-19-46)80-75(114)78-28-13-11-16-50(72(108)109)85-76(115)86-51(73(110)111)26-27-60(95)96/h18-25,38,41-43,48,50-53,55-58,64,93H,9-17,26-37,39-40H2,1-8H3,(H,79,105)(H,81,94)(H,82,103)(H,83,104)(H,87,106)(H,88,102)(H,89,116)(H,95,96)(H,97,98)(H,99,100)(H,108,109)(H,110,111)(H,112,113)(H2,78,80,114)(H2,85,86,115)/t42?,43-,48+,50-,51-,52-,53-,55-,56+,57+,58+,64-/m0/s1. The van der Waals surface area contributed by atoms with Gasteiger partial charge in [-0.2, -0.15) is 0 Å². The maximum Gasteiger partial charge on any atom is 0.426 e. The van der Waals surface area contributed by atoms with Crippen molar-refractivity contribution in [2.45, 2.75) is 218 Å². The highest BCUT2D eigenvalue weighted by Crippen LogP contribution is 2.33. The molecular formula is C77H110N14O28S3. The zero-order valence-corrected chi connectivity index (χ0v) is 71.2. The van der Waals surface area contributed by atoms with E-state index in [4.69, 9.17) is 19.3 Å². The number of phenols is 1. The van der Waals surface area contributed by atoms with Crippen LogP contribution in [0.5, 0.6) is 5.75 Å². The number of thiazole rings is 1. The van der Waals surface area contributed by atoms with Crippen LogP contribution in [0.15, 0.2) is 53.9 Å². The van der Waals surface area contributed by atoms with Crippen molar-refractivity contribution in [2.24, 2.45) is 17.8 Å². The number of hydrogen-bond acceptors (Lipinski definition) is 27. The van der Waals surface area contributed by atoms with E-state index in [0.717, 1.165) is 45.8 Å². The van der Waals surface area contributed by atoms with Gasteiger partial charge in [-0.05, 0) is 119 Å². The van der Waals surface area contributed by atoms with Gasteiger partial charge < -0.3 is 103 Å². The van der Waals surface area contributed by atoms with Crippen molar-refractivity contribution in [1.82, 2.24) is 68.2 Å². The van der Waals surface area contributed by atoms with Crippen molar-refractivity contribution in [3.05, 3.63) is 75.7 Å². The molecule has 1 fully saturated rings. The van der Waals surface area contributed by atoms with Crippen LogP contribution >= 0.6 is 32.9 Å². The van der Waals surface area contributed by atoms with Crippen molar-refractivity contribution in [3.63, 3.8) is 0 Å². The van der Waals surface area contributed by atoms with Crippen LogP contribution in [-0.2, 0) is 94.2 Å². The summed E-state index contributed by atoms with van der Waals surface area (Å²) in [5.41, 5.74) is 5.43. The number of carboxylic acid groups (broad SMARTS) is 6. The normalized spacial score (nSPS) is 15.2. The molecule has 2 aromatic carbocycles. The molecule has 1 saturated heterocycles. The monoisotopic (exact) mass is 1770 g/mol. The summed E-state index contributed by atoms with van der Waals surface area (Å²) in [7, 11) is 3.69. The van der Waals surface area contributed by atoms with E-state index in [1.807, 2.05) is 45.0 Å². The number of likely N-dealkylation sites (tertiary alicyclic amines) is 1. The van der Waals surface area contributed by atoms with Gasteiger partial charge >= 0.3 is 65.9 Å². The number of amides is 12. The molecule has 12 atom stereocenters. The molecule has 18 N–H and O–H groups in total. The van der Waals surface area contributed by atoms with Crippen LogP contribution in [0.1, 0.15) is 178 Å². The van der Waals surface area contributed by atoms with E-state index in [1.54, 1.807) is 19.1 Å². The fraction of sp³-hybridized carbons (Fsp3) is 0.571. The lowest BCUT2D eigenvalue weighted by Crippen LogP contribution is -2.59. The Morgan fingerprint density at radius 3 is 1.84 bits per heavy atom. The van der Waals surface area contributed by atoms with Crippen molar-refractivity contribution in [2.75, 3.05) is 50.3 Å². The van der Waals surface area contributed by atoms with Gasteiger partial charge in [0.15, 0.2) is 12.8 Å². The first-order valence-corrected chi connectivity index (χ1v) is 42.7. The zero-order valence-electron chi connectivity index (χ0n) is 68.7. The summed E-state index contributed by atoms with van der Waals surface area (Å²) in [6, 6.07) is -2.02. The molecule has 122 heavy (non-hydrogen) atoms. The number of phenolic OH excluding ortho intramolecular Hbond substituents is 1. The number of anilines is 1. The second-order valence-electron chi connectivity index (χ2n) is 29.2. The molecule has 1 aliphatic rings. The summed E-state index contributed by atoms with van der Waals surface area (Å²) in [6.45, 7) is 11.8. The maximum atomic E-state index is 15.0. The molecule has 42 nitrogen and oxygen atoms in total. The number of carbonyl (C=O) groups is 18. The van der Waals surface area contributed by atoms with Gasteiger partial charge in [-0.3, -0.25) is 67.9 Å². The summed E-state index contributed by atoms with van der Waals surface area (Å²) < 4.78 is 16.7. The number of carbonyl (C=O) groups excluding carboxylic acids is 12. The fourth-order valence-corrected chi connectivity index (χ4v) is 15.1. The number of hydrazine groups is 1. The van der Waals surface area contributed by atoms with E-state index >= 15 is 4.79 Å². The maximum absolute atomic E-state index is 15.0. The average Bonchev–Trinajstić information content (AvgIpc) is 1.47. The second-order valence-corrected chi connectivity index (χ2v) is 32.7. The second kappa shape index (κ2) is 53.2. The lowest BCUT2D eigenvalue weighted by Gasteiger charge is -2.39. The molecule has 2 heterocycles. The van der Waals surface area contributed by atoms with Gasteiger partial charge in [0.2, 0.25) is 35.4 Å². The van der Waals surface area contributed by atoms with E-state index in [9.17, 15) is 112 Å². The van der Waals surface area contributed by atoms with E-state index in [1.165, 1.54) is 60.5 Å². The van der Waals surface area contributed by atoms with Crippen molar-refractivity contribution in [3.8, 4) is 5.75 Å². The highest BCUT2D eigenvalue weighted by Gasteiger charge is 2.41. The van der Waals surface area contributed by atoms with Gasteiger partial charge in [0.05, 0.1) is 25.3 Å². The SMILES string of the molecule is CCCC(=O)OCN(C(=O)[C@@H](NC(=O)[C@H]1CCCCN1C)C(C)CC)[C@H](C[C@@H](OC(C)=O)c1nc(C(=O)N[C@@H](Cc2ccc(O)cc2)C[C@H](C)C(=O)NNC(=O)OCCSSC[C@H](NC(=O)[C@H](CC(=O)O)NC(=O)[C@H](CC(=O)O)NC(=O)Cc2ccc(NC(=O)NCCCC[C@H](NC(=O)N[C@@H](CCC(=O)O)C(=O)O)C(=O)O)cc2)C(=O)O)cs1)C(C)C. The van der Waals surface area contributed by atoms with Gasteiger partial charge in [0, 0.05) is 73.3 Å². The first-order valence-electron chi connectivity index (χ1n) is 39.3. The third kappa shape index (κ3) is 38.0. The average molecular weight is 1780 g/mol. The molecule has 1 aromatic heterocycles. The van der Waals surface area contributed by atoms with Gasteiger partial charge in [-0.25, -0.2) is 39.2 Å². The zero-order chi connectivity index (χ0) is 90.9. The molecule has 45 heteroatoms. The Balaban J connectivity index is 1.30. The molecule has 674 valence electrons. The highest BCUT2D eigenvalue weighted by molar-refractivity contribution is 8.76. The topological polar surface area (TPSA) is 628 Å². The molecule has 3 aromatic rings. The Hall–Kier alpha value is -11.6. The molecular weight excluding hydrogens is 1670 g/mol. The molecule has 1 unspecified atom stereocenters. The Bertz CT molecular complexity index is 4090. The number of benzene rings is 2. The fourth-order valence-electron chi connectivity index (χ4n) is 12.3. The molecule has 0 spiro atoms. The lowest BCUT2D eigenvalue weighted by atomic mass is 9.92. The molecule has 0 radical (unpaired) electrons. The number of aromatic hydroxyl groups is 1. The Morgan fingerprint density at radius 1 is 0.648 bits per heavy atom. The van der Waals surface area contributed by atoms with E-state index < -0.39 is 212 Å². The van der Waals surface area contributed by atoms with E-state index in [0.29, 0.717) is 31.4 Å². The smallest absolute Gasteiger partial charge is 0.426 e. The van der Waals surface area contributed by atoms with Crippen LogP contribution in [0, 0.1) is 17.8 Å². The summed E-state index contributed by atoms with van der Waals surface area (Å²) in [4.78, 5) is 238. The third-order valence-electron chi connectivity index (χ3n) is 19.1. The Morgan fingerprint density at radius 2 is 1.26 bits per heavy atom. The van der Waals surface area contributed by atoms with E-state index in [2.05, 4.69) is 58.4 Å². The highest BCUT2D eigenvalue weighted by atomic mass is 33.1. The first-order chi connectivity index (χ1) is 57.7. The van der Waals surface area contributed by atoms with Crippen LogP contribution in [0.3, 0.4) is 0 Å². The number of hydrogen-bond donors (Lipinski definition) is 18. The molecule has 0 bridgehead atoms. The quantitative estimate of drug-likeness (QED) is 0.00958. The van der Waals surface area contributed by atoms with Crippen LogP contribution in [0.2, 0.25) is 0 Å². The number of likely N-dealkylation sites (N-methyl/N-ethyl adjacent to an activating group) is 1. The van der Waals surface area contributed by atoms with Crippen molar-refractivity contribution >= 4 is 146 Å². The number of ether oxygens (including phenoxy) is 3. The Kier molecular flexibility index (Phi) is 44.8. The molecule has 0 aliphatic carbocycles. The molecule has 12 amide bonds. The van der Waals surface area contributed by atoms with Crippen LogP contribution in [0.4, 0.5) is 20.1 Å². The lowest BCUT2D eigenvalue weighted by molar-refractivity contribution is -0.161. The number of rotatable bonds is 53. The number of urea groups is 2. The third-order valence-corrected chi connectivity index (χ3v) is 22.4. The van der Waals surface area contributed by atoms with Gasteiger partial charge in [-0.15, -0.1) is 11.3 Å². The number of unbranched alkanes of at least 4 members (excludes halogenated alkanes) is 1. The number of esters is 2. The number of nitrogens with zero attached hydrogens (tertiary/aromatic N) is 3. The number of aliphatic carboxylic acids is 6. The van der Waals surface area contributed by atoms with Gasteiger partial charge in [0.1, 0.15) is 59.3 Å². The molecule has 4 rings (SSSR count). The Labute approximate surface area is 714 Å². The van der Waals surface area contributed by atoms with E-state index in [-0.39, 0.29) is 109 Å². The van der Waals surface area contributed by atoms with Crippen LogP contribution in [-0.4, -0.2) is 257 Å². The molecule has 0 saturated carbocycles. The largest absolute Gasteiger partial charge is 0.508 e. The summed E-state index contributed by atoms with van der Waals surface area (Å²) >= 11 is 0.999. The minimum Gasteiger partial charge on any atom is -0.508 e. The minimum atomic E-state index is -2.01. The number of nitrogens with one attached hydrogen (secondary N) is 11. The first kappa shape index (κ1) is 103. The molecule has 1 aliphatic heterocycles. The van der Waals surface area contributed by atoms with Crippen LogP contribution in [0.25, 0.3) is 0 Å². The predicted octanol–water partition coefficient (Wildman–Crippen LogP) is 3.61. The van der Waals surface area contributed by atoms with Gasteiger partial charge in [-0.1, -0.05) is 100 Å². The summed E-state index contributed by atoms with van der Waals surface area (Å²) in [5.74, 6) is -18.3. The number of piperidine rings is 1. The summed E-state index contributed by atoms with van der Waals surface area (Å²) in [5, 5.41) is 90.0. The van der Waals surface area contributed by atoms with Gasteiger partial charge in [0.25, 0.3) is 5.91 Å². The minimum absolute atomic E-state index is 0.00156. The summed E-state index contributed by atoms with van der Waals surface area (Å²) in [6.07, 6.45) is -2.32. The van der Waals surface area contributed by atoms with Crippen LogP contribution < -0.4 is 58.7 Å². The number of aromatic nitrogens is 1.